The first-order valence-electron chi connectivity index (χ1n) is 4.12. The van der Waals surface area contributed by atoms with Crippen LogP contribution < -0.4 is 0 Å². The molecule has 2 rings (SSSR count). The van der Waals surface area contributed by atoms with Gasteiger partial charge in [0, 0.05) is 12.6 Å². The van der Waals surface area contributed by atoms with Crippen LogP contribution in [0, 0.1) is 17.1 Å². The molecule has 3 nitrogen and oxygen atoms in total. The Labute approximate surface area is 80.4 Å². The number of benzene rings is 1. The molecule has 1 heterocycles. The fraction of sp³-hybridized carbons (Fsp3) is 0.200. The van der Waals surface area contributed by atoms with Crippen molar-refractivity contribution in [1.82, 2.24) is 4.90 Å². The van der Waals surface area contributed by atoms with E-state index in [0.717, 1.165) is 0 Å². The van der Waals surface area contributed by atoms with Crippen molar-refractivity contribution in [3.8, 4) is 6.07 Å². The number of halogens is 1. The van der Waals surface area contributed by atoms with Crippen LogP contribution in [0.5, 0.6) is 0 Å². The molecule has 1 aromatic carbocycles. The van der Waals surface area contributed by atoms with Crippen molar-refractivity contribution in [2.45, 2.75) is 6.04 Å². The van der Waals surface area contributed by atoms with Gasteiger partial charge in [0.1, 0.15) is 11.9 Å². The molecule has 70 valence electrons. The van der Waals surface area contributed by atoms with E-state index in [9.17, 15) is 9.18 Å². The summed E-state index contributed by atoms with van der Waals surface area (Å²) < 4.78 is 13.3. The summed E-state index contributed by atoms with van der Waals surface area (Å²) in [6.07, 6.45) is 0. The van der Waals surface area contributed by atoms with Gasteiger partial charge in [-0.25, -0.2) is 4.39 Å². The van der Waals surface area contributed by atoms with Gasteiger partial charge >= 0.3 is 0 Å². The molecule has 0 aliphatic carbocycles. The number of nitrogens with zero attached hydrogens (tertiary/aromatic N) is 2. The topological polar surface area (TPSA) is 44.1 Å². The number of carbonyl (C=O) groups is 1. The average Bonchev–Trinajstić information content (AvgIpc) is 2.41. The summed E-state index contributed by atoms with van der Waals surface area (Å²) in [6, 6.07) is 5.64. The largest absolute Gasteiger partial charge is 0.322 e. The summed E-state index contributed by atoms with van der Waals surface area (Å²) in [5, 5.41) is 8.83. The maximum atomic E-state index is 13.3. The second-order valence-electron chi connectivity index (χ2n) is 3.15. The van der Waals surface area contributed by atoms with Crippen LogP contribution in [0.2, 0.25) is 0 Å². The maximum Gasteiger partial charge on any atom is 0.258 e. The van der Waals surface area contributed by atoms with E-state index in [4.69, 9.17) is 5.26 Å². The first kappa shape index (κ1) is 8.70. The Morgan fingerprint density at radius 3 is 2.93 bits per heavy atom. The highest BCUT2D eigenvalue weighted by Crippen LogP contribution is 2.32. The van der Waals surface area contributed by atoms with Crippen molar-refractivity contribution in [2.24, 2.45) is 0 Å². The number of fused-ring (bicyclic) bond motifs is 1. The van der Waals surface area contributed by atoms with Crippen molar-refractivity contribution >= 4 is 5.91 Å². The minimum absolute atomic E-state index is 0.0292. The van der Waals surface area contributed by atoms with Gasteiger partial charge in [-0.15, -0.1) is 0 Å². The van der Waals surface area contributed by atoms with Gasteiger partial charge in [-0.1, -0.05) is 12.1 Å². The lowest BCUT2D eigenvalue weighted by Gasteiger charge is -2.11. The summed E-state index contributed by atoms with van der Waals surface area (Å²) >= 11 is 0. The van der Waals surface area contributed by atoms with Gasteiger partial charge in [-0.3, -0.25) is 4.79 Å². The average molecular weight is 190 g/mol. The van der Waals surface area contributed by atoms with E-state index < -0.39 is 17.8 Å². The number of hydrogen-bond acceptors (Lipinski definition) is 2. The van der Waals surface area contributed by atoms with Crippen LogP contribution in [0.15, 0.2) is 18.2 Å². The van der Waals surface area contributed by atoms with E-state index in [0.29, 0.717) is 5.56 Å². The highest BCUT2D eigenvalue weighted by molar-refractivity contribution is 5.99. The molecule has 0 fully saturated rings. The van der Waals surface area contributed by atoms with Crippen molar-refractivity contribution in [3.63, 3.8) is 0 Å². The van der Waals surface area contributed by atoms with Crippen LogP contribution in [0.1, 0.15) is 22.0 Å². The molecule has 0 bridgehead atoms. The first-order chi connectivity index (χ1) is 6.66. The van der Waals surface area contributed by atoms with E-state index in [1.165, 1.54) is 24.1 Å². The van der Waals surface area contributed by atoms with Gasteiger partial charge in [0.25, 0.3) is 5.91 Å². The minimum atomic E-state index is -0.659. The summed E-state index contributed by atoms with van der Waals surface area (Å²) in [4.78, 5) is 12.8. The normalized spacial score (nSPS) is 19.4. The zero-order chi connectivity index (χ0) is 10.3. The van der Waals surface area contributed by atoms with E-state index in [-0.39, 0.29) is 5.56 Å². The van der Waals surface area contributed by atoms with Gasteiger partial charge in [0.15, 0.2) is 0 Å². The molecule has 0 N–H and O–H groups in total. The van der Waals surface area contributed by atoms with Crippen molar-refractivity contribution in [3.05, 3.63) is 35.1 Å². The van der Waals surface area contributed by atoms with Crippen LogP contribution in [0.4, 0.5) is 4.39 Å². The number of amides is 1. The standard InChI is InChI=1S/C10H7FN2O/c1-13-8(5-12)6-3-2-4-7(11)9(6)10(13)14/h2-4,8H,1H3. The molecule has 0 radical (unpaired) electrons. The lowest BCUT2D eigenvalue weighted by atomic mass is 10.1. The molecular weight excluding hydrogens is 183 g/mol. The Bertz CT molecular complexity index is 450. The van der Waals surface area contributed by atoms with Crippen molar-refractivity contribution < 1.29 is 9.18 Å². The summed E-state index contributed by atoms with van der Waals surface area (Å²) in [5.74, 6) is -0.984. The Hall–Kier alpha value is -1.89. The molecule has 1 amide bonds. The molecule has 1 atom stereocenters. The minimum Gasteiger partial charge on any atom is -0.322 e. The second-order valence-corrected chi connectivity index (χ2v) is 3.15. The number of carbonyl (C=O) groups excluding carboxylic acids is 1. The van der Waals surface area contributed by atoms with Gasteiger partial charge in [-0.2, -0.15) is 5.26 Å². The molecule has 1 aliphatic heterocycles. The summed E-state index contributed by atoms with van der Waals surface area (Å²) in [5.41, 5.74) is 0.488. The molecule has 0 aromatic heterocycles. The molecule has 0 saturated heterocycles. The Kier molecular flexibility index (Phi) is 1.74. The van der Waals surface area contributed by atoms with E-state index in [1.807, 2.05) is 6.07 Å². The predicted octanol–water partition coefficient (Wildman–Crippen LogP) is 1.48. The second kappa shape index (κ2) is 2.81. The van der Waals surface area contributed by atoms with Crippen LogP contribution in [-0.2, 0) is 0 Å². The third kappa shape index (κ3) is 0.925. The first-order valence-corrected chi connectivity index (χ1v) is 4.12. The van der Waals surface area contributed by atoms with Crippen molar-refractivity contribution in [2.75, 3.05) is 7.05 Å². The fourth-order valence-corrected chi connectivity index (χ4v) is 1.65. The summed E-state index contributed by atoms with van der Waals surface area (Å²) in [7, 11) is 1.50. The smallest absolute Gasteiger partial charge is 0.258 e. The number of rotatable bonds is 0. The molecule has 1 unspecified atom stereocenters. The lowest BCUT2D eigenvalue weighted by Crippen LogP contribution is -2.22. The van der Waals surface area contributed by atoms with Crippen LogP contribution in [0.25, 0.3) is 0 Å². The molecule has 14 heavy (non-hydrogen) atoms. The quantitative estimate of drug-likeness (QED) is 0.621. The Balaban J connectivity index is 2.68. The van der Waals surface area contributed by atoms with Gasteiger partial charge in [-0.05, 0) is 6.07 Å². The monoisotopic (exact) mass is 190 g/mol. The van der Waals surface area contributed by atoms with Gasteiger partial charge < -0.3 is 4.90 Å². The molecule has 0 spiro atoms. The third-order valence-corrected chi connectivity index (χ3v) is 2.38. The van der Waals surface area contributed by atoms with Gasteiger partial charge in [0.2, 0.25) is 0 Å². The zero-order valence-electron chi connectivity index (χ0n) is 7.49. The van der Waals surface area contributed by atoms with Crippen molar-refractivity contribution in [1.29, 1.82) is 5.26 Å². The van der Waals surface area contributed by atoms with Gasteiger partial charge in [0.05, 0.1) is 11.6 Å². The van der Waals surface area contributed by atoms with E-state index in [2.05, 4.69) is 0 Å². The molecule has 0 saturated carbocycles. The lowest BCUT2D eigenvalue weighted by molar-refractivity contribution is 0.0796. The zero-order valence-corrected chi connectivity index (χ0v) is 7.49. The number of hydrogen-bond donors (Lipinski definition) is 0. The van der Waals surface area contributed by atoms with Crippen LogP contribution >= 0.6 is 0 Å². The van der Waals surface area contributed by atoms with Crippen LogP contribution in [-0.4, -0.2) is 17.9 Å². The molecule has 1 aliphatic rings. The van der Waals surface area contributed by atoms with E-state index in [1.54, 1.807) is 6.07 Å². The third-order valence-electron chi connectivity index (χ3n) is 2.38. The predicted molar refractivity (Wildman–Crippen MR) is 46.8 cm³/mol. The molecular formula is C10H7FN2O. The Morgan fingerprint density at radius 2 is 2.29 bits per heavy atom. The Morgan fingerprint density at radius 1 is 1.57 bits per heavy atom. The van der Waals surface area contributed by atoms with Crippen LogP contribution in [0.3, 0.4) is 0 Å². The number of nitriles is 1. The highest BCUT2D eigenvalue weighted by atomic mass is 19.1. The fourth-order valence-electron chi connectivity index (χ4n) is 1.65. The maximum absolute atomic E-state index is 13.3. The SMILES string of the molecule is CN1C(=O)c2c(F)cccc2C1C#N. The molecule has 4 heteroatoms. The van der Waals surface area contributed by atoms with E-state index >= 15 is 0 Å². The summed E-state index contributed by atoms with van der Waals surface area (Å²) in [6.45, 7) is 0. The molecule has 1 aromatic rings. The highest BCUT2D eigenvalue weighted by Gasteiger charge is 2.36.